The zero-order valence-electron chi connectivity index (χ0n) is 21.5. The van der Waals surface area contributed by atoms with Gasteiger partial charge in [0.05, 0.1) is 34.5 Å². The molecule has 2 heterocycles. The number of hydrogen-bond donors (Lipinski definition) is 3. The van der Waals surface area contributed by atoms with Gasteiger partial charge < -0.3 is 25.6 Å². The van der Waals surface area contributed by atoms with Crippen LogP contribution in [0.15, 0.2) is 60.7 Å². The maximum absolute atomic E-state index is 13.5. The predicted octanol–water partition coefficient (Wildman–Crippen LogP) is 5.26. The van der Waals surface area contributed by atoms with Crippen LogP contribution in [0.25, 0.3) is 0 Å². The number of nitrogens with one attached hydrogen (secondary N) is 3. The largest absolute Gasteiger partial charge is 0.379 e. The van der Waals surface area contributed by atoms with Crippen LogP contribution in [0.4, 0.5) is 21.9 Å². The van der Waals surface area contributed by atoms with Gasteiger partial charge in [0.1, 0.15) is 0 Å². The second kappa shape index (κ2) is 12.7. The molecule has 3 N–H and O–H groups in total. The fourth-order valence-corrected chi connectivity index (χ4v) is 5.41. The Morgan fingerprint density at radius 1 is 0.872 bits per heavy atom. The third-order valence-corrected chi connectivity index (χ3v) is 7.62. The van der Waals surface area contributed by atoms with Crippen LogP contribution in [-0.2, 0) is 17.7 Å². The van der Waals surface area contributed by atoms with Crippen LogP contribution in [-0.4, -0.2) is 62.8 Å². The van der Waals surface area contributed by atoms with E-state index in [9.17, 15) is 9.59 Å². The zero-order valence-corrected chi connectivity index (χ0v) is 23.0. The number of anilines is 3. The summed E-state index contributed by atoms with van der Waals surface area (Å²) in [6, 6.07) is 18.3. The highest BCUT2D eigenvalue weighted by Gasteiger charge is 2.22. The molecule has 1 fully saturated rings. The number of amides is 3. The molecule has 0 atom stereocenters. The molecule has 0 radical (unpaired) electrons. The quantitative estimate of drug-likeness (QED) is 0.362. The monoisotopic (exact) mass is 567 g/mol. The number of halogens is 2. The summed E-state index contributed by atoms with van der Waals surface area (Å²) in [7, 11) is 0. The smallest absolute Gasteiger partial charge is 0.323 e. The minimum atomic E-state index is -0.511. The van der Waals surface area contributed by atoms with Crippen molar-refractivity contribution in [1.29, 1.82) is 0 Å². The van der Waals surface area contributed by atoms with Gasteiger partial charge in [-0.3, -0.25) is 9.69 Å². The van der Waals surface area contributed by atoms with E-state index in [0.717, 1.165) is 38.3 Å². The van der Waals surface area contributed by atoms with Crippen LogP contribution in [0, 0.1) is 0 Å². The van der Waals surface area contributed by atoms with Crippen LogP contribution >= 0.6 is 23.2 Å². The Hall–Kier alpha value is -3.30. The Labute approximate surface area is 238 Å². The van der Waals surface area contributed by atoms with Crippen LogP contribution in [0.2, 0.25) is 10.0 Å². The number of nitrogens with zero attached hydrogens (tertiary/aromatic N) is 2. The Balaban J connectivity index is 1.34. The van der Waals surface area contributed by atoms with E-state index in [1.165, 1.54) is 11.1 Å². The van der Waals surface area contributed by atoms with Crippen molar-refractivity contribution in [3.63, 3.8) is 0 Å². The maximum atomic E-state index is 13.5. The van der Waals surface area contributed by atoms with E-state index in [1.54, 1.807) is 30.3 Å². The lowest BCUT2D eigenvalue weighted by atomic mass is 9.98. The van der Waals surface area contributed by atoms with Gasteiger partial charge in [0.2, 0.25) is 0 Å². The van der Waals surface area contributed by atoms with Crippen molar-refractivity contribution in [2.75, 3.05) is 61.5 Å². The highest BCUT2D eigenvalue weighted by atomic mass is 35.5. The van der Waals surface area contributed by atoms with E-state index < -0.39 is 6.03 Å². The van der Waals surface area contributed by atoms with E-state index in [-0.39, 0.29) is 5.91 Å². The van der Waals surface area contributed by atoms with Gasteiger partial charge in [-0.25, -0.2) is 4.79 Å². The third kappa shape index (κ3) is 6.83. The summed E-state index contributed by atoms with van der Waals surface area (Å²) < 4.78 is 5.41. The number of rotatable bonds is 7. The van der Waals surface area contributed by atoms with Crippen LogP contribution in [0.5, 0.6) is 0 Å². The number of hydrogen-bond acceptors (Lipinski definition) is 5. The third-order valence-electron chi connectivity index (χ3n) is 6.99. The van der Waals surface area contributed by atoms with E-state index in [4.69, 9.17) is 27.9 Å². The van der Waals surface area contributed by atoms with Crippen molar-refractivity contribution in [3.8, 4) is 0 Å². The Morgan fingerprint density at radius 3 is 2.38 bits per heavy atom. The first-order valence-corrected chi connectivity index (χ1v) is 13.8. The van der Waals surface area contributed by atoms with Gasteiger partial charge in [0, 0.05) is 50.6 Å². The summed E-state index contributed by atoms with van der Waals surface area (Å²) in [6.07, 6.45) is 0.898. The molecule has 2 aliphatic heterocycles. The fraction of sp³-hybridized carbons (Fsp3) is 0.310. The predicted molar refractivity (Wildman–Crippen MR) is 156 cm³/mol. The molecule has 0 saturated carbocycles. The number of ether oxygens (including phenoxy) is 1. The summed E-state index contributed by atoms with van der Waals surface area (Å²) >= 11 is 12.4. The summed E-state index contributed by atoms with van der Waals surface area (Å²) in [6.45, 7) is 5.92. The number of urea groups is 1. The topological polar surface area (TPSA) is 85.9 Å². The average Bonchev–Trinajstić information content (AvgIpc) is 2.95. The lowest BCUT2D eigenvalue weighted by Gasteiger charge is -2.32. The minimum Gasteiger partial charge on any atom is -0.379 e. The van der Waals surface area contributed by atoms with Gasteiger partial charge in [-0.2, -0.15) is 0 Å². The van der Waals surface area contributed by atoms with E-state index >= 15 is 0 Å². The van der Waals surface area contributed by atoms with Crippen molar-refractivity contribution in [2.45, 2.75) is 13.0 Å². The molecule has 3 amide bonds. The number of para-hydroxylation sites is 1. The first-order chi connectivity index (χ1) is 19.0. The van der Waals surface area contributed by atoms with Crippen molar-refractivity contribution in [3.05, 3.63) is 87.4 Å². The first-order valence-electron chi connectivity index (χ1n) is 13.0. The second-order valence-corrected chi connectivity index (χ2v) is 10.4. The minimum absolute atomic E-state index is 0.185. The maximum Gasteiger partial charge on any atom is 0.323 e. The van der Waals surface area contributed by atoms with E-state index in [0.29, 0.717) is 53.3 Å². The number of carbonyl (C=O) groups is 2. The molecular weight excluding hydrogens is 537 g/mol. The molecule has 39 heavy (non-hydrogen) atoms. The van der Waals surface area contributed by atoms with Crippen molar-refractivity contribution >= 4 is 52.2 Å². The molecule has 3 aromatic rings. The molecule has 204 valence electrons. The number of carbonyl (C=O) groups excluding carboxylic acids is 2. The Kier molecular flexibility index (Phi) is 8.88. The molecule has 0 aliphatic carbocycles. The highest BCUT2D eigenvalue weighted by molar-refractivity contribution is 6.39. The molecule has 1 saturated heterocycles. The van der Waals surface area contributed by atoms with E-state index in [2.05, 4.69) is 43.9 Å². The molecule has 5 rings (SSSR count). The lowest BCUT2D eigenvalue weighted by molar-refractivity contribution is 0.0383. The highest BCUT2D eigenvalue weighted by Crippen LogP contribution is 2.31. The lowest BCUT2D eigenvalue weighted by Crippen LogP contribution is -2.41. The molecular formula is C29H31Cl2N5O3. The Morgan fingerprint density at radius 2 is 1.62 bits per heavy atom. The SMILES string of the molecule is O=C(Nc1ccc(N2CCc3ccccc3C2)c(C(=O)NCCN2CCOCC2)c1)Nc1c(Cl)cccc1Cl. The van der Waals surface area contributed by atoms with Crippen LogP contribution in [0.1, 0.15) is 21.5 Å². The van der Waals surface area contributed by atoms with Gasteiger partial charge in [-0.1, -0.05) is 53.5 Å². The normalized spacial score (nSPS) is 15.4. The summed E-state index contributed by atoms with van der Waals surface area (Å²) in [4.78, 5) is 30.7. The van der Waals surface area contributed by atoms with Gasteiger partial charge >= 0.3 is 6.03 Å². The first kappa shape index (κ1) is 27.3. The second-order valence-electron chi connectivity index (χ2n) is 9.56. The van der Waals surface area contributed by atoms with E-state index in [1.807, 2.05) is 12.1 Å². The molecule has 0 unspecified atom stereocenters. The number of benzene rings is 3. The summed E-state index contributed by atoms with van der Waals surface area (Å²) in [5, 5.41) is 9.23. The van der Waals surface area contributed by atoms with Crippen LogP contribution in [0.3, 0.4) is 0 Å². The molecule has 0 bridgehead atoms. The van der Waals surface area contributed by atoms with Gasteiger partial charge in [0.15, 0.2) is 0 Å². The van der Waals surface area contributed by atoms with Crippen LogP contribution < -0.4 is 20.9 Å². The fourth-order valence-electron chi connectivity index (χ4n) is 4.91. The zero-order chi connectivity index (χ0) is 27.2. The van der Waals surface area contributed by atoms with Crippen molar-refractivity contribution in [1.82, 2.24) is 10.2 Å². The summed E-state index contributed by atoms with van der Waals surface area (Å²) in [5.74, 6) is -0.185. The molecule has 10 heteroatoms. The Bertz CT molecular complexity index is 1330. The van der Waals surface area contributed by atoms with Crippen molar-refractivity contribution in [2.24, 2.45) is 0 Å². The standard InChI is InChI=1S/C29H31Cl2N5O3/c30-24-6-3-7-25(31)27(24)34-29(38)33-22-8-9-26(36-12-10-20-4-1-2-5-21(20)19-36)23(18-22)28(37)32-11-13-35-14-16-39-17-15-35/h1-9,18H,10-17,19H2,(H,32,37)(H2,33,34,38). The molecule has 8 nitrogen and oxygen atoms in total. The average molecular weight is 569 g/mol. The number of morpholine rings is 1. The molecule has 2 aliphatic rings. The number of fused-ring (bicyclic) bond motifs is 1. The van der Waals surface area contributed by atoms with Gasteiger partial charge in [-0.05, 0) is 47.9 Å². The van der Waals surface area contributed by atoms with Gasteiger partial charge in [0.25, 0.3) is 5.91 Å². The molecule has 0 spiro atoms. The van der Waals surface area contributed by atoms with Gasteiger partial charge in [-0.15, -0.1) is 0 Å². The molecule has 0 aromatic heterocycles. The molecule has 3 aromatic carbocycles. The van der Waals surface area contributed by atoms with Crippen molar-refractivity contribution < 1.29 is 14.3 Å². The summed E-state index contributed by atoms with van der Waals surface area (Å²) in [5.41, 5.74) is 4.72.